The number of phenolic OH excluding ortho intramolecular Hbond substituents is 1. The second-order valence-electron chi connectivity index (χ2n) is 4.98. The van der Waals surface area contributed by atoms with E-state index in [4.69, 9.17) is 9.84 Å². The van der Waals surface area contributed by atoms with Crippen LogP contribution in [0, 0.1) is 0 Å². The van der Waals surface area contributed by atoms with Crippen molar-refractivity contribution in [2.24, 2.45) is 0 Å². The van der Waals surface area contributed by atoms with Gasteiger partial charge in [-0.3, -0.25) is 9.69 Å². The van der Waals surface area contributed by atoms with E-state index in [0.29, 0.717) is 5.69 Å². The lowest BCUT2D eigenvalue weighted by atomic mass is 10.2. The van der Waals surface area contributed by atoms with Crippen LogP contribution in [0.2, 0.25) is 0 Å². The van der Waals surface area contributed by atoms with Gasteiger partial charge >= 0.3 is 12.1 Å². The third-order valence-electron chi connectivity index (χ3n) is 2.07. The van der Waals surface area contributed by atoms with Gasteiger partial charge in [0.1, 0.15) is 17.9 Å². The average molecular weight is 267 g/mol. The summed E-state index contributed by atoms with van der Waals surface area (Å²) in [5.74, 6) is -1.12. The van der Waals surface area contributed by atoms with E-state index >= 15 is 0 Å². The van der Waals surface area contributed by atoms with E-state index in [2.05, 4.69) is 0 Å². The number of anilines is 1. The number of carboxylic acids is 1. The molecule has 1 aromatic carbocycles. The maximum Gasteiger partial charge on any atom is 0.415 e. The fraction of sp³-hybridized carbons (Fsp3) is 0.385. The molecule has 1 aromatic rings. The minimum atomic E-state index is -1.15. The largest absolute Gasteiger partial charge is 0.508 e. The van der Waals surface area contributed by atoms with Crippen LogP contribution in [0.1, 0.15) is 20.8 Å². The smallest absolute Gasteiger partial charge is 0.415 e. The highest BCUT2D eigenvalue weighted by Crippen LogP contribution is 2.20. The minimum Gasteiger partial charge on any atom is -0.508 e. The fourth-order valence-corrected chi connectivity index (χ4v) is 1.35. The molecular weight excluding hydrogens is 250 g/mol. The molecule has 0 fully saturated rings. The number of aliphatic carboxylic acids is 1. The third kappa shape index (κ3) is 4.87. The first-order valence-electron chi connectivity index (χ1n) is 5.70. The maximum absolute atomic E-state index is 12.0. The summed E-state index contributed by atoms with van der Waals surface area (Å²) in [6.07, 6.45) is -0.749. The predicted molar refractivity (Wildman–Crippen MR) is 69.3 cm³/mol. The lowest BCUT2D eigenvalue weighted by Crippen LogP contribution is -2.39. The molecule has 0 spiro atoms. The molecule has 0 saturated carbocycles. The zero-order valence-corrected chi connectivity index (χ0v) is 11.1. The molecule has 0 aliphatic heterocycles. The van der Waals surface area contributed by atoms with Crippen LogP contribution in [-0.4, -0.2) is 34.4 Å². The molecule has 0 saturated heterocycles. The summed E-state index contributed by atoms with van der Waals surface area (Å²) in [4.78, 5) is 23.8. The van der Waals surface area contributed by atoms with Crippen molar-refractivity contribution in [3.05, 3.63) is 24.3 Å². The van der Waals surface area contributed by atoms with Gasteiger partial charge in [0, 0.05) is 5.69 Å². The van der Waals surface area contributed by atoms with Gasteiger partial charge in [-0.1, -0.05) is 0 Å². The van der Waals surface area contributed by atoms with Crippen molar-refractivity contribution in [1.82, 2.24) is 0 Å². The summed E-state index contributed by atoms with van der Waals surface area (Å²) < 4.78 is 5.15. The standard InChI is InChI=1S/C13H17NO5/c1-13(2,3)19-12(18)14(8-11(16)17)9-4-6-10(15)7-5-9/h4-7,15H,8H2,1-3H3,(H,16,17). The van der Waals surface area contributed by atoms with E-state index in [-0.39, 0.29) is 5.75 Å². The van der Waals surface area contributed by atoms with Crippen molar-refractivity contribution in [2.75, 3.05) is 11.4 Å². The molecule has 6 heteroatoms. The summed E-state index contributed by atoms with van der Waals surface area (Å²) in [5.41, 5.74) is -0.375. The Labute approximate surface area is 111 Å². The van der Waals surface area contributed by atoms with E-state index in [1.54, 1.807) is 20.8 Å². The summed E-state index contributed by atoms with van der Waals surface area (Å²) in [5, 5.41) is 18.0. The molecule has 0 bridgehead atoms. The lowest BCUT2D eigenvalue weighted by molar-refractivity contribution is -0.135. The molecule has 6 nitrogen and oxygen atoms in total. The van der Waals surface area contributed by atoms with E-state index in [1.807, 2.05) is 0 Å². The Balaban J connectivity index is 2.97. The minimum absolute atomic E-state index is 0.0308. The summed E-state index contributed by atoms with van der Waals surface area (Å²) in [6.45, 7) is 4.57. The number of aromatic hydroxyl groups is 1. The van der Waals surface area contributed by atoms with Crippen molar-refractivity contribution in [3.63, 3.8) is 0 Å². The molecular formula is C13H17NO5. The van der Waals surface area contributed by atoms with Gasteiger partial charge in [-0.15, -0.1) is 0 Å². The first-order valence-corrected chi connectivity index (χ1v) is 5.70. The number of carboxylic acid groups (broad SMARTS) is 1. The molecule has 19 heavy (non-hydrogen) atoms. The van der Waals surface area contributed by atoms with Crippen molar-refractivity contribution < 1.29 is 24.5 Å². The second-order valence-corrected chi connectivity index (χ2v) is 4.98. The highest BCUT2D eigenvalue weighted by Gasteiger charge is 2.25. The van der Waals surface area contributed by atoms with Crippen LogP contribution < -0.4 is 4.90 Å². The topological polar surface area (TPSA) is 87.1 Å². The summed E-state index contributed by atoms with van der Waals surface area (Å²) in [6, 6.07) is 5.63. The zero-order chi connectivity index (χ0) is 14.6. The molecule has 0 unspecified atom stereocenters. The summed E-state index contributed by atoms with van der Waals surface area (Å²) >= 11 is 0. The first kappa shape index (κ1) is 14.8. The van der Waals surface area contributed by atoms with Crippen LogP contribution in [0.25, 0.3) is 0 Å². The third-order valence-corrected chi connectivity index (χ3v) is 2.07. The Bertz CT molecular complexity index is 461. The number of nitrogens with zero attached hydrogens (tertiary/aromatic N) is 1. The number of hydrogen-bond acceptors (Lipinski definition) is 4. The summed E-state index contributed by atoms with van der Waals surface area (Å²) in [7, 11) is 0. The van der Waals surface area contributed by atoms with Gasteiger partial charge in [-0.05, 0) is 45.0 Å². The Morgan fingerprint density at radius 1 is 1.21 bits per heavy atom. The zero-order valence-electron chi connectivity index (χ0n) is 11.1. The van der Waals surface area contributed by atoms with Gasteiger partial charge < -0.3 is 14.9 Å². The molecule has 0 aliphatic carbocycles. The predicted octanol–water partition coefficient (Wildman–Crippen LogP) is 2.22. The van der Waals surface area contributed by atoms with Crippen LogP contribution in [0.4, 0.5) is 10.5 Å². The van der Waals surface area contributed by atoms with Crippen molar-refractivity contribution in [3.8, 4) is 5.75 Å². The Hall–Kier alpha value is -2.24. The molecule has 104 valence electrons. The van der Waals surface area contributed by atoms with E-state index in [9.17, 15) is 14.7 Å². The van der Waals surface area contributed by atoms with Crippen molar-refractivity contribution >= 4 is 17.7 Å². The number of hydrogen-bond donors (Lipinski definition) is 2. The van der Waals surface area contributed by atoms with Gasteiger partial charge in [-0.25, -0.2) is 4.79 Å². The number of phenols is 1. The van der Waals surface area contributed by atoms with Crippen LogP contribution in [-0.2, 0) is 9.53 Å². The monoisotopic (exact) mass is 267 g/mol. The molecule has 0 aromatic heterocycles. The van der Waals surface area contributed by atoms with E-state index < -0.39 is 24.2 Å². The first-order chi connectivity index (χ1) is 8.69. The quantitative estimate of drug-likeness (QED) is 0.876. The normalized spacial score (nSPS) is 10.9. The number of ether oxygens (including phenoxy) is 1. The SMILES string of the molecule is CC(C)(C)OC(=O)N(CC(=O)O)c1ccc(O)cc1. The van der Waals surface area contributed by atoms with Crippen molar-refractivity contribution in [2.45, 2.75) is 26.4 Å². The van der Waals surface area contributed by atoms with Crippen LogP contribution in [0.5, 0.6) is 5.75 Å². The van der Waals surface area contributed by atoms with Gasteiger partial charge in [0.05, 0.1) is 0 Å². The van der Waals surface area contributed by atoms with Gasteiger partial charge in [-0.2, -0.15) is 0 Å². The maximum atomic E-state index is 12.0. The molecule has 1 amide bonds. The van der Waals surface area contributed by atoms with Crippen LogP contribution in [0.15, 0.2) is 24.3 Å². The molecule has 1 rings (SSSR count). The van der Waals surface area contributed by atoms with E-state index in [1.165, 1.54) is 24.3 Å². The molecule has 0 aliphatic rings. The average Bonchev–Trinajstić information content (AvgIpc) is 2.24. The van der Waals surface area contributed by atoms with E-state index in [0.717, 1.165) is 4.90 Å². The molecule has 0 heterocycles. The van der Waals surface area contributed by atoms with Gasteiger partial charge in [0.2, 0.25) is 0 Å². The second kappa shape index (κ2) is 5.60. The molecule has 2 N–H and O–H groups in total. The highest BCUT2D eigenvalue weighted by molar-refractivity contribution is 5.93. The Morgan fingerprint density at radius 3 is 2.16 bits per heavy atom. The molecule has 0 radical (unpaired) electrons. The van der Waals surface area contributed by atoms with Crippen molar-refractivity contribution in [1.29, 1.82) is 0 Å². The Kier molecular flexibility index (Phi) is 4.37. The number of amides is 1. The van der Waals surface area contributed by atoms with Gasteiger partial charge in [0.15, 0.2) is 0 Å². The fourth-order valence-electron chi connectivity index (χ4n) is 1.35. The Morgan fingerprint density at radius 2 is 1.74 bits per heavy atom. The lowest BCUT2D eigenvalue weighted by Gasteiger charge is -2.26. The number of carbonyl (C=O) groups is 2. The molecule has 0 atom stereocenters. The highest BCUT2D eigenvalue weighted by atomic mass is 16.6. The number of rotatable bonds is 3. The number of benzene rings is 1. The van der Waals surface area contributed by atoms with Crippen LogP contribution >= 0.6 is 0 Å². The number of carbonyl (C=O) groups excluding carboxylic acids is 1. The van der Waals surface area contributed by atoms with Gasteiger partial charge in [0.25, 0.3) is 0 Å². The van der Waals surface area contributed by atoms with Crippen LogP contribution in [0.3, 0.4) is 0 Å².